The maximum absolute atomic E-state index is 12.0. The van der Waals surface area contributed by atoms with E-state index in [9.17, 15) is 4.79 Å². The summed E-state index contributed by atoms with van der Waals surface area (Å²) in [5.74, 6) is 2.21. The molecule has 0 aliphatic carbocycles. The number of amides is 1. The van der Waals surface area contributed by atoms with Crippen LogP contribution < -0.4 is 15.8 Å². The maximum atomic E-state index is 12.0. The van der Waals surface area contributed by atoms with E-state index in [1.165, 1.54) is 0 Å². The number of carbonyl (C=O) groups excluding carboxylic acids is 1. The molecule has 4 rings (SSSR count). The van der Waals surface area contributed by atoms with Crippen molar-refractivity contribution in [1.82, 2.24) is 19.9 Å². The summed E-state index contributed by atoms with van der Waals surface area (Å²) in [6.45, 7) is 7.30. The quantitative estimate of drug-likeness (QED) is 0.327. The molecule has 184 valence electrons. The molecule has 1 amide bonds. The first-order chi connectivity index (χ1) is 16.8. The topological polar surface area (TPSA) is 104 Å². The van der Waals surface area contributed by atoms with E-state index < -0.39 is 11.7 Å². The van der Waals surface area contributed by atoms with Gasteiger partial charge in [-0.3, -0.25) is 0 Å². The average molecular weight is 476 g/mol. The minimum Gasteiger partial charge on any atom is -0.494 e. The molecule has 4 aromatic rings. The number of carbonyl (C=O) groups is 1. The predicted octanol–water partition coefficient (Wildman–Crippen LogP) is 5.09. The van der Waals surface area contributed by atoms with Gasteiger partial charge in [-0.05, 0) is 51.8 Å². The SMILES string of the molecule is CC(C)(C)OC(=O)NCCCn1c(CCCOc2ccccc2)nc2c(N)nc3ccccc3c21. The number of anilines is 1. The Morgan fingerprint density at radius 3 is 2.54 bits per heavy atom. The lowest BCUT2D eigenvalue weighted by atomic mass is 10.2. The van der Waals surface area contributed by atoms with Crippen molar-refractivity contribution in [3.05, 3.63) is 60.4 Å². The number of imidazole rings is 1. The first kappa shape index (κ1) is 24.3. The fraction of sp³-hybridized carbons (Fsp3) is 0.370. The van der Waals surface area contributed by atoms with Crippen LogP contribution in [0.4, 0.5) is 10.6 Å². The number of benzene rings is 2. The third kappa shape index (κ3) is 6.20. The van der Waals surface area contributed by atoms with Gasteiger partial charge < -0.3 is 25.1 Å². The standard InChI is InChI=1S/C27H33N5O3/c1-27(2,3)35-26(33)29-16-10-17-32-22(15-9-18-34-19-11-5-4-6-12-19)31-23-24(32)20-13-7-8-14-21(20)30-25(23)28/h4-8,11-14H,9-10,15-18H2,1-3H3,(H2,28,30)(H,29,33). The molecule has 2 aromatic carbocycles. The van der Waals surface area contributed by atoms with E-state index >= 15 is 0 Å². The highest BCUT2D eigenvalue weighted by Crippen LogP contribution is 2.29. The smallest absolute Gasteiger partial charge is 0.407 e. The Balaban J connectivity index is 1.52. The highest BCUT2D eigenvalue weighted by atomic mass is 16.6. The van der Waals surface area contributed by atoms with Gasteiger partial charge in [-0.2, -0.15) is 0 Å². The number of ether oxygens (including phenoxy) is 2. The van der Waals surface area contributed by atoms with Crippen LogP contribution in [0.5, 0.6) is 5.75 Å². The second-order valence-corrected chi connectivity index (χ2v) is 9.44. The van der Waals surface area contributed by atoms with Gasteiger partial charge in [-0.15, -0.1) is 0 Å². The Hall–Kier alpha value is -3.81. The molecular formula is C27H33N5O3. The number of nitrogens with two attached hydrogens (primary N) is 1. The Morgan fingerprint density at radius 2 is 1.77 bits per heavy atom. The van der Waals surface area contributed by atoms with Crippen molar-refractivity contribution >= 4 is 33.8 Å². The van der Waals surface area contributed by atoms with E-state index in [0.29, 0.717) is 31.0 Å². The van der Waals surface area contributed by atoms with Crippen LogP contribution in [0.2, 0.25) is 0 Å². The largest absolute Gasteiger partial charge is 0.494 e. The Bertz CT molecular complexity index is 1300. The minimum atomic E-state index is -0.525. The summed E-state index contributed by atoms with van der Waals surface area (Å²) in [6.07, 6.45) is 1.84. The summed E-state index contributed by atoms with van der Waals surface area (Å²) in [5, 5.41) is 3.85. The first-order valence-corrected chi connectivity index (χ1v) is 12.0. The number of nitrogens with zero attached hydrogens (tertiary/aromatic N) is 3. The molecule has 8 heteroatoms. The molecule has 0 aliphatic rings. The molecule has 0 radical (unpaired) electrons. The van der Waals surface area contributed by atoms with Crippen LogP contribution in [-0.4, -0.2) is 39.4 Å². The third-order valence-electron chi connectivity index (χ3n) is 5.47. The summed E-state index contributed by atoms with van der Waals surface area (Å²) in [7, 11) is 0. The van der Waals surface area contributed by atoms with Crippen LogP contribution in [0.25, 0.3) is 21.9 Å². The number of para-hydroxylation sites is 2. The molecule has 2 aromatic heterocycles. The lowest BCUT2D eigenvalue weighted by molar-refractivity contribution is 0.0526. The van der Waals surface area contributed by atoms with Gasteiger partial charge in [0, 0.05) is 24.9 Å². The lowest BCUT2D eigenvalue weighted by Gasteiger charge is -2.19. The van der Waals surface area contributed by atoms with Gasteiger partial charge in [0.05, 0.1) is 17.6 Å². The number of pyridine rings is 1. The molecule has 2 heterocycles. The van der Waals surface area contributed by atoms with Crippen LogP contribution in [-0.2, 0) is 17.7 Å². The van der Waals surface area contributed by atoms with Crippen molar-refractivity contribution in [2.24, 2.45) is 0 Å². The Kier molecular flexibility index (Phi) is 7.39. The minimum absolute atomic E-state index is 0.412. The van der Waals surface area contributed by atoms with Gasteiger partial charge in [-0.1, -0.05) is 36.4 Å². The van der Waals surface area contributed by atoms with Crippen LogP contribution in [0.1, 0.15) is 39.4 Å². The Morgan fingerprint density at radius 1 is 1.03 bits per heavy atom. The molecule has 0 spiro atoms. The van der Waals surface area contributed by atoms with E-state index in [0.717, 1.165) is 47.3 Å². The number of alkyl carbamates (subject to hydrolysis) is 1. The van der Waals surface area contributed by atoms with Crippen molar-refractivity contribution in [3.8, 4) is 5.75 Å². The number of rotatable bonds is 9. The zero-order valence-electron chi connectivity index (χ0n) is 20.6. The van der Waals surface area contributed by atoms with Gasteiger partial charge in [0.15, 0.2) is 5.82 Å². The van der Waals surface area contributed by atoms with Gasteiger partial charge in [0.1, 0.15) is 22.7 Å². The summed E-state index contributed by atoms with van der Waals surface area (Å²) >= 11 is 0. The molecule has 0 unspecified atom stereocenters. The molecule has 0 aliphatic heterocycles. The second-order valence-electron chi connectivity index (χ2n) is 9.44. The van der Waals surface area contributed by atoms with Crippen LogP contribution >= 0.6 is 0 Å². The van der Waals surface area contributed by atoms with Gasteiger partial charge in [0.25, 0.3) is 0 Å². The molecule has 0 saturated carbocycles. The van der Waals surface area contributed by atoms with Crippen molar-refractivity contribution in [2.45, 2.75) is 52.2 Å². The molecule has 3 N–H and O–H groups in total. The fourth-order valence-electron chi connectivity index (χ4n) is 4.02. The number of hydrogen-bond acceptors (Lipinski definition) is 6. The summed E-state index contributed by atoms with van der Waals surface area (Å²) < 4.78 is 13.4. The molecule has 35 heavy (non-hydrogen) atoms. The van der Waals surface area contributed by atoms with Crippen molar-refractivity contribution in [3.63, 3.8) is 0 Å². The molecule has 0 fully saturated rings. The zero-order chi connectivity index (χ0) is 24.8. The van der Waals surface area contributed by atoms with Gasteiger partial charge >= 0.3 is 6.09 Å². The third-order valence-corrected chi connectivity index (χ3v) is 5.47. The summed E-state index contributed by atoms with van der Waals surface area (Å²) in [5.41, 5.74) is 8.30. The van der Waals surface area contributed by atoms with E-state index in [1.807, 2.05) is 75.4 Å². The van der Waals surface area contributed by atoms with Gasteiger partial charge in [0.2, 0.25) is 0 Å². The molecule has 0 atom stereocenters. The van der Waals surface area contributed by atoms with E-state index in [4.69, 9.17) is 20.2 Å². The average Bonchev–Trinajstić information content (AvgIpc) is 3.18. The zero-order valence-corrected chi connectivity index (χ0v) is 20.6. The van der Waals surface area contributed by atoms with E-state index in [-0.39, 0.29) is 0 Å². The normalized spacial score (nSPS) is 11.6. The number of nitrogens with one attached hydrogen (secondary N) is 1. The van der Waals surface area contributed by atoms with Gasteiger partial charge in [-0.25, -0.2) is 14.8 Å². The summed E-state index contributed by atoms with van der Waals surface area (Å²) in [4.78, 5) is 21.4. The van der Waals surface area contributed by atoms with Crippen molar-refractivity contribution in [2.75, 3.05) is 18.9 Å². The monoisotopic (exact) mass is 475 g/mol. The Labute approximate surface area is 205 Å². The molecule has 0 bridgehead atoms. The molecular weight excluding hydrogens is 442 g/mol. The predicted molar refractivity (Wildman–Crippen MR) is 139 cm³/mol. The van der Waals surface area contributed by atoms with Crippen molar-refractivity contribution < 1.29 is 14.3 Å². The van der Waals surface area contributed by atoms with E-state index in [1.54, 1.807) is 0 Å². The van der Waals surface area contributed by atoms with Crippen LogP contribution in [0.15, 0.2) is 54.6 Å². The highest BCUT2D eigenvalue weighted by molar-refractivity contribution is 6.06. The van der Waals surface area contributed by atoms with Crippen LogP contribution in [0.3, 0.4) is 0 Å². The first-order valence-electron chi connectivity index (χ1n) is 12.0. The second kappa shape index (κ2) is 10.6. The highest BCUT2D eigenvalue weighted by Gasteiger charge is 2.18. The molecule has 0 saturated heterocycles. The number of fused-ring (bicyclic) bond motifs is 3. The molecule has 8 nitrogen and oxygen atoms in total. The fourth-order valence-corrected chi connectivity index (χ4v) is 4.02. The lowest BCUT2D eigenvalue weighted by Crippen LogP contribution is -2.33. The van der Waals surface area contributed by atoms with E-state index in [2.05, 4.69) is 14.9 Å². The number of aromatic nitrogens is 3. The summed E-state index contributed by atoms with van der Waals surface area (Å²) in [6, 6.07) is 17.7. The number of aryl methyl sites for hydroxylation is 2. The van der Waals surface area contributed by atoms with Crippen molar-refractivity contribution in [1.29, 1.82) is 0 Å². The number of nitrogen functional groups attached to an aromatic ring is 1. The number of hydrogen-bond donors (Lipinski definition) is 2. The maximum Gasteiger partial charge on any atom is 0.407 e. The van der Waals surface area contributed by atoms with Crippen LogP contribution in [0, 0.1) is 0 Å².